The third-order valence-electron chi connectivity index (χ3n) is 2.82. The van der Waals surface area contributed by atoms with Crippen molar-refractivity contribution in [2.45, 2.75) is 24.3 Å². The van der Waals surface area contributed by atoms with Crippen molar-refractivity contribution in [2.24, 2.45) is 0 Å². The van der Waals surface area contributed by atoms with E-state index in [4.69, 9.17) is 11.6 Å². The van der Waals surface area contributed by atoms with Crippen LogP contribution in [-0.2, 0) is 16.6 Å². The first-order valence-electron chi connectivity index (χ1n) is 6.53. The Labute approximate surface area is 134 Å². The summed E-state index contributed by atoms with van der Waals surface area (Å²) in [5, 5.41) is 2.78. The van der Waals surface area contributed by atoms with Gasteiger partial charge in [-0.3, -0.25) is 0 Å². The lowest BCUT2D eigenvalue weighted by Gasteiger charge is -2.10. The first-order valence-corrected chi connectivity index (χ1v) is 9.79. The number of halogens is 2. The average molecular weight is 355 g/mol. The van der Waals surface area contributed by atoms with E-state index in [9.17, 15) is 12.8 Å². The van der Waals surface area contributed by atoms with Gasteiger partial charge in [-0.25, -0.2) is 17.5 Å². The van der Waals surface area contributed by atoms with Gasteiger partial charge in [-0.15, -0.1) is 0 Å². The standard InChI is InChI=1S/C13H20ClFN2O2S2/c1-16-9-10-7-11(8-12(15)13(10)14)21(18,19)17-5-3-4-6-20-2/h7-8,16-17H,3-6,9H2,1-2H3. The van der Waals surface area contributed by atoms with Gasteiger partial charge in [-0.05, 0) is 49.6 Å². The van der Waals surface area contributed by atoms with E-state index in [1.165, 1.54) is 6.07 Å². The Kier molecular flexibility index (Phi) is 7.97. The lowest BCUT2D eigenvalue weighted by atomic mass is 10.2. The molecule has 8 heteroatoms. The molecule has 0 heterocycles. The van der Waals surface area contributed by atoms with Gasteiger partial charge in [0.25, 0.3) is 0 Å². The van der Waals surface area contributed by atoms with Crippen molar-refractivity contribution in [1.82, 2.24) is 10.0 Å². The van der Waals surface area contributed by atoms with Crippen LogP contribution in [0.3, 0.4) is 0 Å². The molecule has 2 N–H and O–H groups in total. The second-order valence-corrected chi connectivity index (χ2v) is 7.64. The van der Waals surface area contributed by atoms with Crippen LogP contribution in [0.5, 0.6) is 0 Å². The van der Waals surface area contributed by atoms with Gasteiger partial charge in [-0.2, -0.15) is 11.8 Å². The molecule has 0 radical (unpaired) electrons. The van der Waals surface area contributed by atoms with Crippen LogP contribution in [0.25, 0.3) is 0 Å². The molecule has 0 unspecified atom stereocenters. The molecular formula is C13H20ClFN2O2S2. The van der Waals surface area contributed by atoms with Crippen LogP contribution in [0.4, 0.5) is 4.39 Å². The van der Waals surface area contributed by atoms with Crippen molar-refractivity contribution in [2.75, 3.05) is 25.6 Å². The van der Waals surface area contributed by atoms with Crippen molar-refractivity contribution in [3.05, 3.63) is 28.5 Å². The summed E-state index contributed by atoms with van der Waals surface area (Å²) in [7, 11) is -2.03. The molecule has 0 aromatic heterocycles. The Balaban J connectivity index is 2.83. The van der Waals surface area contributed by atoms with Crippen LogP contribution in [-0.4, -0.2) is 34.0 Å². The minimum absolute atomic E-state index is 0.0525. The molecule has 0 saturated carbocycles. The summed E-state index contributed by atoms with van der Waals surface area (Å²) in [4.78, 5) is -0.0977. The summed E-state index contributed by atoms with van der Waals surface area (Å²) >= 11 is 7.54. The molecule has 0 bridgehead atoms. The van der Waals surface area contributed by atoms with Gasteiger partial charge in [0.05, 0.1) is 9.92 Å². The summed E-state index contributed by atoms with van der Waals surface area (Å²) in [6.45, 7) is 0.640. The number of hydrogen-bond acceptors (Lipinski definition) is 4. The van der Waals surface area contributed by atoms with Crippen LogP contribution in [0.1, 0.15) is 18.4 Å². The van der Waals surface area contributed by atoms with Gasteiger partial charge in [0.1, 0.15) is 5.82 Å². The van der Waals surface area contributed by atoms with Gasteiger partial charge < -0.3 is 5.32 Å². The Hall–Kier alpha value is -0.340. The van der Waals surface area contributed by atoms with Gasteiger partial charge >= 0.3 is 0 Å². The van der Waals surface area contributed by atoms with Crippen molar-refractivity contribution < 1.29 is 12.8 Å². The smallest absolute Gasteiger partial charge is 0.240 e. The zero-order valence-corrected chi connectivity index (χ0v) is 14.5. The van der Waals surface area contributed by atoms with Crippen LogP contribution in [0.2, 0.25) is 5.02 Å². The number of rotatable bonds is 9. The molecular weight excluding hydrogens is 335 g/mol. The van der Waals surface area contributed by atoms with Crippen LogP contribution < -0.4 is 10.0 Å². The van der Waals surface area contributed by atoms with Gasteiger partial charge in [0.15, 0.2) is 0 Å². The van der Waals surface area contributed by atoms with Crippen molar-refractivity contribution in [1.29, 1.82) is 0 Å². The number of sulfonamides is 1. The highest BCUT2D eigenvalue weighted by atomic mass is 35.5. The highest BCUT2D eigenvalue weighted by molar-refractivity contribution is 7.98. The zero-order valence-electron chi connectivity index (χ0n) is 12.1. The fourth-order valence-corrected chi connectivity index (χ4v) is 3.56. The quantitative estimate of drug-likeness (QED) is 0.669. The minimum Gasteiger partial charge on any atom is -0.316 e. The van der Waals surface area contributed by atoms with Crippen LogP contribution >= 0.6 is 23.4 Å². The molecule has 0 spiro atoms. The molecule has 0 fully saturated rings. The van der Waals surface area contributed by atoms with Crippen molar-refractivity contribution >= 4 is 33.4 Å². The van der Waals surface area contributed by atoms with E-state index >= 15 is 0 Å². The van der Waals surface area contributed by atoms with E-state index in [2.05, 4.69) is 10.0 Å². The molecule has 0 aliphatic carbocycles. The summed E-state index contributed by atoms with van der Waals surface area (Å²) < 4.78 is 40.5. The highest BCUT2D eigenvalue weighted by Crippen LogP contribution is 2.24. The second-order valence-electron chi connectivity index (χ2n) is 4.51. The molecule has 120 valence electrons. The predicted molar refractivity (Wildman–Crippen MR) is 87.0 cm³/mol. The molecule has 0 amide bonds. The molecule has 4 nitrogen and oxygen atoms in total. The number of nitrogens with one attached hydrogen (secondary N) is 2. The molecule has 0 aliphatic heterocycles. The van der Waals surface area contributed by atoms with Gasteiger partial charge in [-0.1, -0.05) is 11.6 Å². The first-order chi connectivity index (χ1) is 9.92. The molecule has 0 aliphatic rings. The summed E-state index contributed by atoms with van der Waals surface area (Å²) in [6, 6.07) is 2.35. The lowest BCUT2D eigenvalue weighted by molar-refractivity contribution is 0.574. The maximum absolute atomic E-state index is 13.7. The van der Waals surface area contributed by atoms with E-state index in [0.717, 1.165) is 24.7 Å². The van der Waals surface area contributed by atoms with Gasteiger partial charge in [0.2, 0.25) is 10.0 Å². The average Bonchev–Trinajstić information content (AvgIpc) is 2.43. The molecule has 1 aromatic rings. The first kappa shape index (κ1) is 18.7. The van der Waals surface area contributed by atoms with Gasteiger partial charge in [0, 0.05) is 13.1 Å². The van der Waals surface area contributed by atoms with Crippen molar-refractivity contribution in [3.8, 4) is 0 Å². The molecule has 0 saturated heterocycles. The minimum atomic E-state index is -3.71. The van der Waals surface area contributed by atoms with E-state index in [1.807, 2.05) is 6.26 Å². The lowest BCUT2D eigenvalue weighted by Crippen LogP contribution is -2.25. The SMILES string of the molecule is CNCc1cc(S(=O)(=O)NCCCCSC)cc(F)c1Cl. The monoisotopic (exact) mass is 354 g/mol. The number of thioether (sulfide) groups is 1. The fourth-order valence-electron chi connectivity index (χ4n) is 1.75. The fraction of sp³-hybridized carbons (Fsp3) is 0.538. The molecule has 0 atom stereocenters. The maximum Gasteiger partial charge on any atom is 0.240 e. The van der Waals surface area contributed by atoms with Crippen LogP contribution in [0, 0.1) is 5.82 Å². The van der Waals surface area contributed by atoms with E-state index in [0.29, 0.717) is 18.7 Å². The predicted octanol–water partition coefficient (Wildman–Crippen LogP) is 2.62. The third kappa shape index (κ3) is 5.75. The highest BCUT2D eigenvalue weighted by Gasteiger charge is 2.18. The number of benzene rings is 1. The van der Waals surface area contributed by atoms with E-state index in [-0.39, 0.29) is 9.92 Å². The second kappa shape index (κ2) is 8.95. The van der Waals surface area contributed by atoms with Crippen molar-refractivity contribution in [3.63, 3.8) is 0 Å². The Morgan fingerprint density at radius 1 is 1.33 bits per heavy atom. The summed E-state index contributed by atoms with van der Waals surface area (Å²) in [5.41, 5.74) is 0.418. The van der Waals surface area contributed by atoms with E-state index in [1.54, 1.807) is 18.8 Å². The number of hydrogen-bond donors (Lipinski definition) is 2. The molecule has 1 aromatic carbocycles. The maximum atomic E-state index is 13.7. The van der Waals surface area contributed by atoms with Crippen LogP contribution in [0.15, 0.2) is 17.0 Å². The third-order valence-corrected chi connectivity index (χ3v) is 5.38. The van der Waals surface area contributed by atoms with E-state index < -0.39 is 15.8 Å². The Morgan fingerprint density at radius 3 is 2.67 bits per heavy atom. The summed E-state index contributed by atoms with van der Waals surface area (Å²) in [5.74, 6) is 0.260. The largest absolute Gasteiger partial charge is 0.316 e. The Morgan fingerprint density at radius 2 is 2.05 bits per heavy atom. The zero-order chi connectivity index (χ0) is 15.9. The number of unbranched alkanes of at least 4 members (excludes halogenated alkanes) is 1. The summed E-state index contributed by atoms with van der Waals surface area (Å²) in [6.07, 6.45) is 3.69. The molecule has 1 rings (SSSR count). The molecule has 21 heavy (non-hydrogen) atoms. The normalized spacial score (nSPS) is 11.8. The topological polar surface area (TPSA) is 58.2 Å². The Bertz CT molecular complexity index is 568.